The van der Waals surface area contributed by atoms with Gasteiger partial charge in [0.15, 0.2) is 0 Å². The number of rotatable bonds is 4. The topological polar surface area (TPSA) is 90.9 Å². The number of hydrogen-bond donors (Lipinski definition) is 2. The number of nitrogens with one attached hydrogen (secondary N) is 1. The number of amides is 1. The molecule has 0 unspecified atom stereocenters. The SMILES string of the molecule is N#Cc1nccn1CC(=O)NCCO. The Labute approximate surface area is 80.8 Å². The van der Waals surface area contributed by atoms with Gasteiger partial charge in [0.25, 0.3) is 0 Å². The summed E-state index contributed by atoms with van der Waals surface area (Å²) in [5.74, 6) is -0.0577. The van der Waals surface area contributed by atoms with Crippen LogP contribution in [0.2, 0.25) is 0 Å². The van der Waals surface area contributed by atoms with Gasteiger partial charge in [-0.3, -0.25) is 4.79 Å². The molecule has 0 spiro atoms. The highest BCUT2D eigenvalue weighted by molar-refractivity contribution is 5.75. The van der Waals surface area contributed by atoms with Gasteiger partial charge < -0.3 is 15.0 Å². The molecule has 0 aromatic carbocycles. The smallest absolute Gasteiger partial charge is 0.240 e. The van der Waals surface area contributed by atoms with E-state index in [-0.39, 0.29) is 31.4 Å². The quantitative estimate of drug-likeness (QED) is 0.634. The fourth-order valence-corrected chi connectivity index (χ4v) is 0.956. The van der Waals surface area contributed by atoms with Crippen LogP contribution in [0, 0.1) is 11.3 Å². The summed E-state index contributed by atoms with van der Waals surface area (Å²) in [7, 11) is 0. The zero-order valence-corrected chi connectivity index (χ0v) is 7.47. The number of carbonyl (C=O) groups is 1. The van der Waals surface area contributed by atoms with E-state index >= 15 is 0 Å². The first kappa shape index (κ1) is 10.2. The second-order valence-electron chi connectivity index (χ2n) is 2.56. The molecule has 0 saturated carbocycles. The molecule has 14 heavy (non-hydrogen) atoms. The second-order valence-corrected chi connectivity index (χ2v) is 2.56. The molecule has 0 saturated heterocycles. The van der Waals surface area contributed by atoms with E-state index in [1.54, 1.807) is 6.20 Å². The maximum atomic E-state index is 11.2. The number of aromatic nitrogens is 2. The molecule has 1 aromatic heterocycles. The summed E-state index contributed by atoms with van der Waals surface area (Å²) in [6, 6.07) is 1.86. The molecular formula is C8H10N4O2. The summed E-state index contributed by atoms with van der Waals surface area (Å²) in [5, 5.41) is 19.5. The largest absolute Gasteiger partial charge is 0.395 e. The molecule has 74 valence electrons. The third-order valence-electron chi connectivity index (χ3n) is 1.56. The van der Waals surface area contributed by atoms with Crippen LogP contribution in [-0.2, 0) is 11.3 Å². The van der Waals surface area contributed by atoms with Crippen LogP contribution >= 0.6 is 0 Å². The minimum atomic E-state index is -0.256. The number of hydrogen-bond acceptors (Lipinski definition) is 4. The average Bonchev–Trinajstić information content (AvgIpc) is 2.62. The van der Waals surface area contributed by atoms with Crippen molar-refractivity contribution in [2.24, 2.45) is 0 Å². The summed E-state index contributed by atoms with van der Waals surface area (Å²) < 4.78 is 1.44. The Morgan fingerprint density at radius 2 is 2.57 bits per heavy atom. The molecule has 2 N–H and O–H groups in total. The highest BCUT2D eigenvalue weighted by atomic mass is 16.3. The maximum Gasteiger partial charge on any atom is 0.240 e. The number of nitrogens with zero attached hydrogens (tertiary/aromatic N) is 3. The molecule has 0 bridgehead atoms. The predicted octanol–water partition coefficient (Wildman–Crippen LogP) is -1.14. The van der Waals surface area contributed by atoms with E-state index in [1.165, 1.54) is 10.8 Å². The van der Waals surface area contributed by atoms with Crippen LogP contribution in [-0.4, -0.2) is 33.7 Å². The number of aliphatic hydroxyl groups is 1. The number of aliphatic hydroxyl groups excluding tert-OH is 1. The Hall–Kier alpha value is -1.87. The van der Waals surface area contributed by atoms with Gasteiger partial charge in [-0.2, -0.15) is 5.26 Å². The molecule has 0 atom stereocenters. The zero-order valence-electron chi connectivity index (χ0n) is 7.47. The molecular weight excluding hydrogens is 184 g/mol. The van der Waals surface area contributed by atoms with Crippen molar-refractivity contribution in [2.75, 3.05) is 13.2 Å². The Balaban J connectivity index is 2.52. The standard InChI is InChI=1S/C8H10N4O2/c9-5-7-10-1-3-12(7)6-8(14)11-2-4-13/h1,3,13H,2,4,6H2,(H,11,14). The molecule has 0 aliphatic carbocycles. The molecule has 1 amide bonds. The van der Waals surface area contributed by atoms with Crippen molar-refractivity contribution in [3.8, 4) is 6.07 Å². The van der Waals surface area contributed by atoms with Crippen molar-refractivity contribution >= 4 is 5.91 Å². The van der Waals surface area contributed by atoms with E-state index in [1.807, 2.05) is 6.07 Å². The van der Waals surface area contributed by atoms with Crippen LogP contribution in [0.25, 0.3) is 0 Å². The van der Waals surface area contributed by atoms with Crippen molar-refractivity contribution < 1.29 is 9.90 Å². The lowest BCUT2D eigenvalue weighted by Crippen LogP contribution is -2.30. The lowest BCUT2D eigenvalue weighted by molar-refractivity contribution is -0.121. The molecule has 0 aliphatic rings. The fraction of sp³-hybridized carbons (Fsp3) is 0.375. The molecule has 0 aliphatic heterocycles. The summed E-state index contributed by atoms with van der Waals surface area (Å²) >= 11 is 0. The Kier molecular flexibility index (Phi) is 3.64. The van der Waals surface area contributed by atoms with Crippen molar-refractivity contribution in [3.63, 3.8) is 0 Å². The lowest BCUT2D eigenvalue weighted by atomic mass is 10.5. The van der Waals surface area contributed by atoms with Gasteiger partial charge in [0.1, 0.15) is 12.6 Å². The van der Waals surface area contributed by atoms with Gasteiger partial charge in [-0.05, 0) is 0 Å². The molecule has 0 radical (unpaired) electrons. The highest BCUT2D eigenvalue weighted by Gasteiger charge is 2.05. The zero-order chi connectivity index (χ0) is 10.4. The van der Waals surface area contributed by atoms with Crippen LogP contribution in [0.4, 0.5) is 0 Å². The van der Waals surface area contributed by atoms with Crippen LogP contribution in [0.1, 0.15) is 5.82 Å². The van der Waals surface area contributed by atoms with Crippen LogP contribution < -0.4 is 5.32 Å². The fourth-order valence-electron chi connectivity index (χ4n) is 0.956. The molecule has 1 rings (SSSR count). The van der Waals surface area contributed by atoms with E-state index < -0.39 is 0 Å². The van der Waals surface area contributed by atoms with E-state index in [9.17, 15) is 4.79 Å². The van der Waals surface area contributed by atoms with Crippen molar-refractivity contribution in [1.82, 2.24) is 14.9 Å². The van der Waals surface area contributed by atoms with Crippen molar-refractivity contribution in [1.29, 1.82) is 5.26 Å². The van der Waals surface area contributed by atoms with Crippen LogP contribution in [0.5, 0.6) is 0 Å². The van der Waals surface area contributed by atoms with Crippen molar-refractivity contribution in [2.45, 2.75) is 6.54 Å². The highest BCUT2D eigenvalue weighted by Crippen LogP contribution is 1.94. The monoisotopic (exact) mass is 194 g/mol. The van der Waals surface area contributed by atoms with Gasteiger partial charge in [-0.1, -0.05) is 0 Å². The molecule has 1 aromatic rings. The normalized spacial score (nSPS) is 9.43. The lowest BCUT2D eigenvalue weighted by Gasteiger charge is -2.04. The average molecular weight is 194 g/mol. The van der Waals surface area contributed by atoms with Gasteiger partial charge in [0.2, 0.25) is 11.7 Å². The van der Waals surface area contributed by atoms with Gasteiger partial charge >= 0.3 is 0 Å². The molecule has 0 fully saturated rings. The summed E-state index contributed by atoms with van der Waals surface area (Å²) in [5.41, 5.74) is 0. The third-order valence-corrected chi connectivity index (χ3v) is 1.56. The summed E-state index contributed by atoms with van der Waals surface area (Å²) in [6.45, 7) is 0.166. The Morgan fingerprint density at radius 3 is 3.21 bits per heavy atom. The predicted molar refractivity (Wildman–Crippen MR) is 47.0 cm³/mol. The first-order chi connectivity index (χ1) is 6.77. The van der Waals surface area contributed by atoms with Crippen molar-refractivity contribution in [3.05, 3.63) is 18.2 Å². The van der Waals surface area contributed by atoms with Gasteiger partial charge in [-0.25, -0.2) is 4.98 Å². The molecule has 1 heterocycles. The number of imidazole rings is 1. The van der Waals surface area contributed by atoms with Gasteiger partial charge in [0, 0.05) is 18.9 Å². The van der Waals surface area contributed by atoms with Crippen LogP contribution in [0.15, 0.2) is 12.4 Å². The first-order valence-corrected chi connectivity index (χ1v) is 4.06. The van der Waals surface area contributed by atoms with E-state index in [0.717, 1.165) is 0 Å². The number of nitriles is 1. The summed E-state index contributed by atoms with van der Waals surface area (Å²) in [4.78, 5) is 14.9. The minimum absolute atomic E-state index is 0.0445. The Morgan fingerprint density at radius 1 is 1.79 bits per heavy atom. The van der Waals surface area contributed by atoms with Gasteiger partial charge in [-0.15, -0.1) is 0 Å². The second kappa shape index (κ2) is 4.99. The number of carbonyl (C=O) groups excluding carboxylic acids is 1. The van der Waals surface area contributed by atoms with E-state index in [4.69, 9.17) is 10.4 Å². The minimum Gasteiger partial charge on any atom is -0.395 e. The van der Waals surface area contributed by atoms with E-state index in [0.29, 0.717) is 0 Å². The molecule has 6 heteroatoms. The first-order valence-electron chi connectivity index (χ1n) is 4.06. The maximum absolute atomic E-state index is 11.2. The van der Waals surface area contributed by atoms with E-state index in [2.05, 4.69) is 10.3 Å². The summed E-state index contributed by atoms with van der Waals surface area (Å²) in [6.07, 6.45) is 3.01. The molecule has 6 nitrogen and oxygen atoms in total. The van der Waals surface area contributed by atoms with Crippen LogP contribution in [0.3, 0.4) is 0 Å². The Bertz CT molecular complexity index is 352. The van der Waals surface area contributed by atoms with Gasteiger partial charge in [0.05, 0.1) is 6.61 Å². The third kappa shape index (κ3) is 2.57.